The van der Waals surface area contributed by atoms with Crippen LogP contribution in [0.15, 0.2) is 48.5 Å². The van der Waals surface area contributed by atoms with Crippen LogP contribution in [0.1, 0.15) is 41.9 Å². The number of benzene rings is 2. The van der Waals surface area contributed by atoms with Crippen molar-refractivity contribution in [3.05, 3.63) is 65.2 Å². The van der Waals surface area contributed by atoms with Gasteiger partial charge in [-0.15, -0.1) is 0 Å². The van der Waals surface area contributed by atoms with Gasteiger partial charge in [-0.25, -0.2) is 0 Å². The Hall–Kier alpha value is -2.54. The lowest BCUT2D eigenvalue weighted by atomic mass is 9.87. The number of amides is 1. The summed E-state index contributed by atoms with van der Waals surface area (Å²) >= 11 is 0. The summed E-state index contributed by atoms with van der Waals surface area (Å²) in [4.78, 5) is 17.4. The first kappa shape index (κ1) is 23.6. The third-order valence-corrected chi connectivity index (χ3v) is 6.89. The topological polar surface area (TPSA) is 32.8 Å². The highest BCUT2D eigenvalue weighted by atomic mass is 19.4. The standard InChI is InChI=1S/C26H31F3N2O2/c1-33-23-10-8-19(9-11-23)14-25(32)31-17-21(16-30-12-3-2-4-13-30)24(18-31)20-6-5-7-22(15-20)26(27,28)29/h5-11,15,21,24H,2-4,12-14,16-18H2,1H3/t21-,24+/m1/s1. The van der Waals surface area contributed by atoms with Gasteiger partial charge in [-0.3, -0.25) is 4.79 Å². The lowest BCUT2D eigenvalue weighted by Gasteiger charge is -2.31. The van der Waals surface area contributed by atoms with E-state index in [1.165, 1.54) is 18.6 Å². The van der Waals surface area contributed by atoms with Crippen LogP contribution in [0.4, 0.5) is 13.2 Å². The van der Waals surface area contributed by atoms with E-state index >= 15 is 0 Å². The van der Waals surface area contributed by atoms with Crippen LogP contribution in [0.3, 0.4) is 0 Å². The molecule has 0 radical (unpaired) electrons. The molecule has 0 aromatic heterocycles. The largest absolute Gasteiger partial charge is 0.497 e. The summed E-state index contributed by atoms with van der Waals surface area (Å²) in [7, 11) is 1.60. The van der Waals surface area contributed by atoms with Gasteiger partial charge in [-0.1, -0.05) is 36.8 Å². The minimum Gasteiger partial charge on any atom is -0.497 e. The van der Waals surface area contributed by atoms with Crippen LogP contribution in [-0.2, 0) is 17.4 Å². The second-order valence-electron chi connectivity index (χ2n) is 9.17. The molecule has 2 aliphatic heterocycles. The summed E-state index contributed by atoms with van der Waals surface area (Å²) in [5.41, 5.74) is 0.946. The number of nitrogens with zero attached hydrogens (tertiary/aromatic N) is 2. The zero-order valence-electron chi connectivity index (χ0n) is 19.0. The van der Waals surface area contributed by atoms with E-state index in [0.29, 0.717) is 18.7 Å². The van der Waals surface area contributed by atoms with Crippen LogP contribution in [0.2, 0.25) is 0 Å². The fourth-order valence-electron chi connectivity index (χ4n) is 5.09. The number of carbonyl (C=O) groups excluding carboxylic acids is 1. The Kier molecular flexibility index (Phi) is 7.27. The molecule has 2 aromatic carbocycles. The quantitative estimate of drug-likeness (QED) is 0.609. The normalized spacial score (nSPS) is 21.9. The van der Waals surface area contributed by atoms with E-state index in [1.54, 1.807) is 13.2 Å². The number of hydrogen-bond donors (Lipinski definition) is 0. The highest BCUT2D eigenvalue weighted by molar-refractivity contribution is 5.79. The minimum atomic E-state index is -4.37. The molecule has 4 nitrogen and oxygen atoms in total. The summed E-state index contributed by atoms with van der Waals surface area (Å²) in [6, 6.07) is 13.1. The Bertz CT molecular complexity index is 939. The van der Waals surface area contributed by atoms with E-state index < -0.39 is 11.7 Å². The second kappa shape index (κ2) is 10.2. The van der Waals surface area contributed by atoms with Crippen molar-refractivity contribution < 1.29 is 22.7 Å². The van der Waals surface area contributed by atoms with Gasteiger partial charge in [0.1, 0.15) is 5.75 Å². The number of methoxy groups -OCH3 is 1. The highest BCUT2D eigenvalue weighted by Gasteiger charge is 2.38. The van der Waals surface area contributed by atoms with Crippen LogP contribution in [0.25, 0.3) is 0 Å². The first-order chi connectivity index (χ1) is 15.8. The van der Waals surface area contributed by atoms with Crippen LogP contribution in [0, 0.1) is 5.92 Å². The molecule has 2 heterocycles. The number of likely N-dealkylation sites (tertiary alicyclic amines) is 2. The maximum Gasteiger partial charge on any atom is 0.416 e. The third kappa shape index (κ3) is 5.88. The molecule has 1 amide bonds. The van der Waals surface area contributed by atoms with E-state index in [0.717, 1.165) is 49.9 Å². The molecule has 0 N–H and O–H groups in total. The number of alkyl halides is 3. The van der Waals surface area contributed by atoms with Crippen LogP contribution < -0.4 is 4.74 Å². The van der Waals surface area contributed by atoms with Gasteiger partial charge in [0.15, 0.2) is 0 Å². The molecule has 2 saturated heterocycles. The highest BCUT2D eigenvalue weighted by Crippen LogP contribution is 2.37. The molecule has 178 valence electrons. The number of piperidine rings is 1. The molecular weight excluding hydrogens is 429 g/mol. The summed E-state index contributed by atoms with van der Waals surface area (Å²) in [6.07, 6.45) is -0.566. The molecule has 2 fully saturated rings. The van der Waals surface area contributed by atoms with Gasteiger partial charge in [0.25, 0.3) is 0 Å². The molecule has 2 atom stereocenters. The number of ether oxygens (including phenoxy) is 1. The predicted molar refractivity (Wildman–Crippen MR) is 121 cm³/mol. The average Bonchev–Trinajstić information content (AvgIpc) is 3.24. The van der Waals surface area contributed by atoms with Crippen molar-refractivity contribution in [3.8, 4) is 5.75 Å². The van der Waals surface area contributed by atoms with Crippen molar-refractivity contribution in [3.63, 3.8) is 0 Å². The molecule has 4 rings (SSSR count). The van der Waals surface area contributed by atoms with Crippen molar-refractivity contribution >= 4 is 5.91 Å². The van der Waals surface area contributed by atoms with E-state index in [1.807, 2.05) is 29.2 Å². The summed E-state index contributed by atoms with van der Waals surface area (Å²) in [5, 5.41) is 0. The zero-order valence-corrected chi connectivity index (χ0v) is 19.0. The monoisotopic (exact) mass is 460 g/mol. The molecule has 0 saturated carbocycles. The first-order valence-electron chi connectivity index (χ1n) is 11.6. The molecule has 0 spiro atoms. The number of rotatable bonds is 6. The molecule has 33 heavy (non-hydrogen) atoms. The summed E-state index contributed by atoms with van der Waals surface area (Å²) < 4.78 is 45.2. The van der Waals surface area contributed by atoms with E-state index in [4.69, 9.17) is 4.74 Å². The average molecular weight is 461 g/mol. The molecule has 0 aliphatic carbocycles. The molecule has 7 heteroatoms. The van der Waals surface area contributed by atoms with Gasteiger partial charge in [0.2, 0.25) is 5.91 Å². The van der Waals surface area contributed by atoms with Gasteiger partial charge in [-0.2, -0.15) is 13.2 Å². The molecular formula is C26H31F3N2O2. The van der Waals surface area contributed by atoms with Crippen LogP contribution in [-0.4, -0.2) is 55.5 Å². The van der Waals surface area contributed by atoms with E-state index in [9.17, 15) is 18.0 Å². The molecule has 0 unspecified atom stereocenters. The number of hydrogen-bond acceptors (Lipinski definition) is 3. The van der Waals surface area contributed by atoms with Gasteiger partial charge >= 0.3 is 6.18 Å². The fourth-order valence-corrected chi connectivity index (χ4v) is 5.09. The van der Waals surface area contributed by atoms with E-state index in [2.05, 4.69) is 4.90 Å². The zero-order chi connectivity index (χ0) is 23.4. The van der Waals surface area contributed by atoms with Crippen molar-refractivity contribution in [2.24, 2.45) is 5.92 Å². The maximum absolute atomic E-state index is 13.3. The Balaban J connectivity index is 1.52. The second-order valence-corrected chi connectivity index (χ2v) is 9.17. The van der Waals surface area contributed by atoms with Gasteiger partial charge in [0, 0.05) is 25.6 Å². The fraction of sp³-hybridized carbons (Fsp3) is 0.500. The summed E-state index contributed by atoms with van der Waals surface area (Å²) in [5.74, 6) is 0.761. The van der Waals surface area contributed by atoms with Crippen LogP contribution in [0.5, 0.6) is 5.75 Å². The van der Waals surface area contributed by atoms with Crippen molar-refractivity contribution in [2.45, 2.75) is 37.8 Å². The first-order valence-corrected chi connectivity index (χ1v) is 11.6. The Morgan fingerprint density at radius 2 is 1.76 bits per heavy atom. The van der Waals surface area contributed by atoms with Crippen molar-refractivity contribution in [1.29, 1.82) is 0 Å². The molecule has 2 aromatic rings. The molecule has 0 bridgehead atoms. The smallest absolute Gasteiger partial charge is 0.416 e. The number of halogens is 3. The van der Waals surface area contributed by atoms with Gasteiger partial charge in [0.05, 0.1) is 19.1 Å². The SMILES string of the molecule is COc1ccc(CC(=O)N2C[C@@H](CN3CCCCC3)[C@H](c3cccc(C(F)(F)F)c3)C2)cc1. The van der Waals surface area contributed by atoms with Gasteiger partial charge in [-0.05, 0) is 61.2 Å². The lowest BCUT2D eigenvalue weighted by molar-refractivity contribution is -0.137. The summed E-state index contributed by atoms with van der Waals surface area (Å²) in [6.45, 7) is 3.88. The van der Waals surface area contributed by atoms with Crippen molar-refractivity contribution in [1.82, 2.24) is 9.80 Å². The minimum absolute atomic E-state index is 0.0123. The number of carbonyl (C=O) groups is 1. The predicted octanol–water partition coefficient (Wildman–Crippen LogP) is 4.98. The van der Waals surface area contributed by atoms with Gasteiger partial charge < -0.3 is 14.5 Å². The Morgan fingerprint density at radius 3 is 2.42 bits per heavy atom. The maximum atomic E-state index is 13.3. The van der Waals surface area contributed by atoms with Crippen LogP contribution >= 0.6 is 0 Å². The Labute approximate surface area is 193 Å². The van der Waals surface area contributed by atoms with E-state index in [-0.39, 0.29) is 24.2 Å². The molecule has 2 aliphatic rings. The third-order valence-electron chi connectivity index (χ3n) is 6.89. The Morgan fingerprint density at radius 1 is 1.03 bits per heavy atom. The van der Waals surface area contributed by atoms with Crippen molar-refractivity contribution in [2.75, 3.05) is 39.8 Å². The lowest BCUT2D eigenvalue weighted by Crippen LogP contribution is -2.37.